The maximum absolute atomic E-state index is 12.4. The van der Waals surface area contributed by atoms with Crippen LogP contribution in [0.15, 0.2) is 23.1 Å². The van der Waals surface area contributed by atoms with Crippen molar-refractivity contribution < 1.29 is 9.53 Å². The van der Waals surface area contributed by atoms with Crippen molar-refractivity contribution in [1.29, 1.82) is 0 Å². The number of pyridine rings is 1. The lowest BCUT2D eigenvalue weighted by Crippen LogP contribution is -2.42. The van der Waals surface area contributed by atoms with Gasteiger partial charge in [-0.3, -0.25) is 9.59 Å². The van der Waals surface area contributed by atoms with Gasteiger partial charge in [0, 0.05) is 31.9 Å². The minimum absolute atomic E-state index is 0. The molecule has 116 valence electrons. The summed E-state index contributed by atoms with van der Waals surface area (Å²) in [6.07, 6.45) is 2.68. The average molecular weight is 314 g/mol. The van der Waals surface area contributed by atoms with E-state index in [0.717, 1.165) is 26.1 Å². The van der Waals surface area contributed by atoms with Crippen LogP contribution in [0.25, 0.3) is 0 Å². The van der Waals surface area contributed by atoms with Gasteiger partial charge in [0.1, 0.15) is 6.54 Å². The van der Waals surface area contributed by atoms with E-state index in [0.29, 0.717) is 12.0 Å². The Morgan fingerprint density at radius 3 is 3.05 bits per heavy atom. The molecule has 0 radical (unpaired) electrons. The van der Waals surface area contributed by atoms with Gasteiger partial charge < -0.3 is 19.5 Å². The van der Waals surface area contributed by atoms with Crippen molar-refractivity contribution in [3.05, 3.63) is 28.7 Å². The highest BCUT2D eigenvalue weighted by Gasteiger charge is 2.39. The number of aromatic nitrogens is 1. The summed E-state index contributed by atoms with van der Waals surface area (Å²) in [5.74, 6) is 0.847. The molecule has 1 aromatic rings. The van der Waals surface area contributed by atoms with Crippen LogP contribution in [0.5, 0.6) is 5.75 Å². The maximum Gasteiger partial charge on any atom is 0.293 e. The first kappa shape index (κ1) is 15.9. The number of nitrogens with one attached hydrogen (secondary N) is 1. The van der Waals surface area contributed by atoms with E-state index < -0.39 is 0 Å². The molecule has 2 saturated heterocycles. The number of nitrogens with zero attached hydrogens (tertiary/aromatic N) is 2. The number of hydrogen-bond donors (Lipinski definition) is 1. The molecule has 1 N–H and O–H groups in total. The topological polar surface area (TPSA) is 63.6 Å². The van der Waals surface area contributed by atoms with Gasteiger partial charge in [-0.25, -0.2) is 0 Å². The van der Waals surface area contributed by atoms with E-state index in [-0.39, 0.29) is 36.2 Å². The Morgan fingerprint density at radius 1 is 1.48 bits per heavy atom. The number of halogens is 1. The van der Waals surface area contributed by atoms with Crippen LogP contribution < -0.4 is 15.6 Å². The molecule has 0 saturated carbocycles. The molecule has 0 aliphatic carbocycles. The molecule has 0 spiro atoms. The first-order valence-corrected chi connectivity index (χ1v) is 6.94. The van der Waals surface area contributed by atoms with Gasteiger partial charge in [0.15, 0.2) is 5.75 Å². The molecular formula is C14H20ClN3O3. The number of carbonyl (C=O) groups is 1. The van der Waals surface area contributed by atoms with Crippen LogP contribution in [0, 0.1) is 5.92 Å². The normalized spacial score (nSPS) is 23.6. The summed E-state index contributed by atoms with van der Waals surface area (Å²) in [6, 6.07) is 3.62. The largest absolute Gasteiger partial charge is 0.491 e. The monoisotopic (exact) mass is 313 g/mol. The van der Waals surface area contributed by atoms with Crippen molar-refractivity contribution >= 4 is 18.3 Å². The fourth-order valence-corrected chi connectivity index (χ4v) is 3.19. The predicted octanol–water partition coefficient (Wildman–Crippen LogP) is 0.0990. The summed E-state index contributed by atoms with van der Waals surface area (Å²) in [5, 5.41) is 3.32. The third kappa shape index (κ3) is 2.91. The fourth-order valence-electron chi connectivity index (χ4n) is 3.19. The van der Waals surface area contributed by atoms with E-state index in [2.05, 4.69) is 5.32 Å². The zero-order chi connectivity index (χ0) is 14.1. The Bertz CT molecular complexity index is 575. The summed E-state index contributed by atoms with van der Waals surface area (Å²) in [6.45, 7) is 2.74. The predicted molar refractivity (Wildman–Crippen MR) is 81.0 cm³/mol. The lowest BCUT2D eigenvalue weighted by molar-refractivity contribution is -0.132. The molecule has 21 heavy (non-hydrogen) atoms. The fraction of sp³-hybridized carbons (Fsp3) is 0.571. The minimum atomic E-state index is -0.261. The lowest BCUT2D eigenvalue weighted by atomic mass is 10.1. The number of hydrogen-bond acceptors (Lipinski definition) is 4. The Balaban J connectivity index is 0.00000161. The average Bonchev–Trinajstić information content (AvgIpc) is 3.03. The van der Waals surface area contributed by atoms with Gasteiger partial charge >= 0.3 is 0 Å². The molecular weight excluding hydrogens is 294 g/mol. The maximum atomic E-state index is 12.4. The van der Waals surface area contributed by atoms with Crippen LogP contribution in [-0.2, 0) is 11.3 Å². The van der Waals surface area contributed by atoms with Crippen molar-refractivity contribution in [2.45, 2.75) is 19.0 Å². The minimum Gasteiger partial charge on any atom is -0.491 e. The lowest BCUT2D eigenvalue weighted by Gasteiger charge is -2.23. The van der Waals surface area contributed by atoms with Crippen LogP contribution in [0.3, 0.4) is 0 Å². The number of rotatable bonds is 3. The van der Waals surface area contributed by atoms with Crippen LogP contribution in [-0.4, -0.2) is 48.2 Å². The molecule has 0 aromatic carbocycles. The summed E-state index contributed by atoms with van der Waals surface area (Å²) in [4.78, 5) is 26.4. The molecule has 2 aliphatic rings. The van der Waals surface area contributed by atoms with Crippen LogP contribution in [0.2, 0.25) is 0 Å². The molecule has 0 unspecified atom stereocenters. The van der Waals surface area contributed by atoms with Crippen molar-refractivity contribution in [3.63, 3.8) is 0 Å². The summed E-state index contributed by atoms with van der Waals surface area (Å²) >= 11 is 0. The van der Waals surface area contributed by atoms with Gasteiger partial charge in [-0.15, -0.1) is 12.4 Å². The summed E-state index contributed by atoms with van der Waals surface area (Å²) in [5.41, 5.74) is -0.261. The second-order valence-corrected chi connectivity index (χ2v) is 5.37. The van der Waals surface area contributed by atoms with Gasteiger partial charge in [0.25, 0.3) is 5.56 Å². The highest BCUT2D eigenvalue weighted by atomic mass is 35.5. The van der Waals surface area contributed by atoms with E-state index in [9.17, 15) is 9.59 Å². The quantitative estimate of drug-likeness (QED) is 0.859. The Kier molecular flexibility index (Phi) is 4.90. The van der Waals surface area contributed by atoms with Crippen molar-refractivity contribution in [2.24, 2.45) is 5.92 Å². The van der Waals surface area contributed by atoms with E-state index in [4.69, 9.17) is 4.74 Å². The Hall–Kier alpha value is -1.53. The molecule has 1 aromatic heterocycles. The van der Waals surface area contributed by atoms with Crippen LogP contribution in [0.1, 0.15) is 6.42 Å². The molecule has 2 atom stereocenters. The van der Waals surface area contributed by atoms with Crippen LogP contribution >= 0.6 is 12.4 Å². The smallest absolute Gasteiger partial charge is 0.293 e. The zero-order valence-corrected chi connectivity index (χ0v) is 12.8. The molecule has 3 rings (SSSR count). The van der Waals surface area contributed by atoms with E-state index in [1.807, 2.05) is 4.90 Å². The number of amides is 1. The van der Waals surface area contributed by atoms with Gasteiger partial charge in [0.05, 0.1) is 7.11 Å². The SMILES string of the molecule is COc1cccn(CC(=O)N2CC[C@H]3CNC[C@H]32)c1=O.Cl. The number of methoxy groups -OCH3 is 1. The molecule has 6 nitrogen and oxygen atoms in total. The third-order valence-corrected chi connectivity index (χ3v) is 4.28. The Morgan fingerprint density at radius 2 is 2.29 bits per heavy atom. The molecule has 1 amide bonds. The molecule has 0 bridgehead atoms. The van der Waals surface area contributed by atoms with Gasteiger partial charge in [-0.1, -0.05) is 0 Å². The number of carbonyl (C=O) groups excluding carboxylic acids is 1. The van der Waals surface area contributed by atoms with Crippen LogP contribution in [0.4, 0.5) is 0 Å². The molecule has 2 aliphatic heterocycles. The zero-order valence-electron chi connectivity index (χ0n) is 11.9. The van der Waals surface area contributed by atoms with Gasteiger partial charge in [0.2, 0.25) is 5.91 Å². The third-order valence-electron chi connectivity index (χ3n) is 4.28. The number of fused-ring (bicyclic) bond motifs is 1. The molecule has 3 heterocycles. The highest BCUT2D eigenvalue weighted by molar-refractivity contribution is 5.85. The highest BCUT2D eigenvalue weighted by Crippen LogP contribution is 2.27. The summed E-state index contributed by atoms with van der Waals surface area (Å²) < 4.78 is 6.41. The molecule has 7 heteroatoms. The van der Waals surface area contributed by atoms with Gasteiger partial charge in [-0.05, 0) is 24.5 Å². The second-order valence-electron chi connectivity index (χ2n) is 5.37. The summed E-state index contributed by atoms with van der Waals surface area (Å²) in [7, 11) is 1.46. The van der Waals surface area contributed by atoms with Crippen molar-refractivity contribution in [2.75, 3.05) is 26.7 Å². The van der Waals surface area contributed by atoms with E-state index >= 15 is 0 Å². The van der Waals surface area contributed by atoms with Gasteiger partial charge in [-0.2, -0.15) is 0 Å². The standard InChI is InChI=1S/C14H19N3O3.ClH/c1-20-12-3-2-5-16(14(12)19)9-13(18)17-6-4-10-7-15-8-11(10)17;/h2-3,5,10-11,15H,4,6-9H2,1H3;1H/t10-,11+;/m0./s1. The molecule has 2 fully saturated rings. The van der Waals surface area contributed by atoms with E-state index in [1.54, 1.807) is 18.3 Å². The van der Waals surface area contributed by atoms with Crippen molar-refractivity contribution in [3.8, 4) is 5.75 Å². The number of likely N-dealkylation sites (tertiary alicyclic amines) is 1. The van der Waals surface area contributed by atoms with E-state index in [1.165, 1.54) is 11.7 Å². The second kappa shape index (κ2) is 6.49. The first-order valence-electron chi connectivity index (χ1n) is 6.94. The number of ether oxygens (including phenoxy) is 1. The van der Waals surface area contributed by atoms with Crippen molar-refractivity contribution in [1.82, 2.24) is 14.8 Å². The first-order chi connectivity index (χ1) is 9.70. The Labute approximate surface area is 129 Å².